The zero-order valence-corrected chi connectivity index (χ0v) is 17.9. The third kappa shape index (κ3) is 7.02. The number of carbonyl (C=O) groups excluding carboxylic acids is 1. The average Bonchev–Trinajstić information content (AvgIpc) is 2.60. The summed E-state index contributed by atoms with van der Waals surface area (Å²) in [4.78, 5) is 12.4. The van der Waals surface area contributed by atoms with Crippen LogP contribution in [-0.4, -0.2) is 27.1 Å². The fourth-order valence-corrected chi connectivity index (χ4v) is 4.35. The van der Waals surface area contributed by atoms with Crippen molar-refractivity contribution in [1.82, 2.24) is 10.0 Å². The van der Waals surface area contributed by atoms with Gasteiger partial charge in [-0.25, -0.2) is 17.5 Å². The molecule has 5 nitrogen and oxygen atoms in total. The van der Waals surface area contributed by atoms with Crippen LogP contribution in [0.4, 0.5) is 4.39 Å². The first-order chi connectivity index (χ1) is 13.0. The van der Waals surface area contributed by atoms with E-state index in [0.717, 1.165) is 17.6 Å². The van der Waals surface area contributed by atoms with Gasteiger partial charge >= 0.3 is 0 Å². The summed E-state index contributed by atoms with van der Waals surface area (Å²) in [6.45, 7) is 7.06. The lowest BCUT2D eigenvalue weighted by Gasteiger charge is -2.37. The van der Waals surface area contributed by atoms with Crippen molar-refractivity contribution in [3.05, 3.63) is 47.3 Å². The molecule has 0 saturated carbocycles. The Bertz CT molecular complexity index is 803. The second-order valence-corrected chi connectivity index (χ2v) is 9.98. The molecule has 0 spiro atoms. The number of rotatable bonds is 8. The van der Waals surface area contributed by atoms with Crippen LogP contribution in [0.5, 0.6) is 0 Å². The Labute approximate surface area is 167 Å². The molecule has 0 aliphatic heterocycles. The molecule has 3 atom stereocenters. The molecule has 0 fully saturated rings. The van der Waals surface area contributed by atoms with Crippen molar-refractivity contribution < 1.29 is 17.6 Å². The van der Waals surface area contributed by atoms with Gasteiger partial charge in [-0.1, -0.05) is 37.6 Å². The number of amides is 1. The molecule has 0 bridgehead atoms. The van der Waals surface area contributed by atoms with E-state index >= 15 is 0 Å². The molecule has 156 valence electrons. The summed E-state index contributed by atoms with van der Waals surface area (Å²) < 4.78 is 38.5. The van der Waals surface area contributed by atoms with Crippen molar-refractivity contribution in [1.29, 1.82) is 0 Å². The lowest BCUT2D eigenvalue weighted by atomic mass is 9.70. The van der Waals surface area contributed by atoms with Gasteiger partial charge < -0.3 is 5.32 Å². The first kappa shape index (κ1) is 22.6. The Morgan fingerprint density at radius 2 is 1.89 bits per heavy atom. The standard InChI is InChI=1S/C21H31FN2O3S/c1-14(2)20-10-17(15(3)9-18(20)13-24-28(4,26)27)11-21(25)23-12-16-5-7-19(22)8-6-16/h5-9,14,17-18,20,24H,10-13H2,1-4H3,(H,23,25)/t17-,18-,20-/m0/s1. The van der Waals surface area contributed by atoms with Gasteiger partial charge in [0.05, 0.1) is 6.26 Å². The normalized spacial score (nSPS) is 22.8. The predicted octanol–water partition coefficient (Wildman–Crippen LogP) is 3.24. The second-order valence-electron chi connectivity index (χ2n) is 8.14. The average molecular weight is 411 g/mol. The smallest absolute Gasteiger partial charge is 0.220 e. The van der Waals surface area contributed by atoms with Gasteiger partial charge in [-0.05, 0) is 54.7 Å². The first-order valence-electron chi connectivity index (χ1n) is 9.69. The topological polar surface area (TPSA) is 75.3 Å². The number of hydrogen-bond donors (Lipinski definition) is 2. The third-order valence-electron chi connectivity index (χ3n) is 5.50. The summed E-state index contributed by atoms with van der Waals surface area (Å²) in [5.41, 5.74) is 1.99. The Balaban J connectivity index is 1.97. The van der Waals surface area contributed by atoms with Crippen LogP contribution in [0.1, 0.15) is 39.2 Å². The predicted molar refractivity (Wildman–Crippen MR) is 109 cm³/mol. The number of hydrogen-bond acceptors (Lipinski definition) is 3. The number of carbonyl (C=O) groups is 1. The molecule has 7 heteroatoms. The van der Waals surface area contributed by atoms with Crippen LogP contribution in [0.15, 0.2) is 35.9 Å². The highest BCUT2D eigenvalue weighted by Gasteiger charge is 2.32. The zero-order chi connectivity index (χ0) is 20.9. The minimum atomic E-state index is -3.23. The maximum atomic E-state index is 13.0. The second kappa shape index (κ2) is 9.65. The highest BCUT2D eigenvalue weighted by Crippen LogP contribution is 2.38. The highest BCUT2D eigenvalue weighted by atomic mass is 32.2. The van der Waals surface area contributed by atoms with Crippen molar-refractivity contribution in [3.63, 3.8) is 0 Å². The Hall–Kier alpha value is -1.73. The van der Waals surface area contributed by atoms with Crippen LogP contribution in [0.3, 0.4) is 0 Å². The van der Waals surface area contributed by atoms with Gasteiger partial charge in [0.15, 0.2) is 0 Å². The van der Waals surface area contributed by atoms with Gasteiger partial charge in [0.2, 0.25) is 15.9 Å². The van der Waals surface area contributed by atoms with Crippen molar-refractivity contribution in [3.8, 4) is 0 Å². The van der Waals surface area contributed by atoms with Crippen molar-refractivity contribution in [2.45, 2.75) is 40.2 Å². The van der Waals surface area contributed by atoms with E-state index in [2.05, 4.69) is 30.0 Å². The minimum absolute atomic E-state index is 0.0303. The van der Waals surface area contributed by atoms with E-state index in [1.807, 2.05) is 6.92 Å². The lowest BCUT2D eigenvalue weighted by molar-refractivity contribution is -0.122. The number of allylic oxidation sites excluding steroid dienone is 1. The summed E-state index contributed by atoms with van der Waals surface area (Å²) in [7, 11) is -3.23. The van der Waals surface area contributed by atoms with E-state index in [1.54, 1.807) is 12.1 Å². The number of sulfonamides is 1. The van der Waals surface area contributed by atoms with Crippen LogP contribution < -0.4 is 10.0 Å². The van der Waals surface area contributed by atoms with Crippen molar-refractivity contribution >= 4 is 15.9 Å². The molecule has 0 saturated heterocycles. The number of halogens is 1. The molecule has 0 unspecified atom stereocenters. The molecular formula is C21H31FN2O3S. The van der Waals surface area contributed by atoms with Gasteiger partial charge in [-0.15, -0.1) is 0 Å². The molecular weight excluding hydrogens is 379 g/mol. The molecule has 0 heterocycles. The molecule has 1 aromatic rings. The van der Waals surface area contributed by atoms with E-state index in [0.29, 0.717) is 31.3 Å². The molecule has 2 N–H and O–H groups in total. The third-order valence-corrected chi connectivity index (χ3v) is 6.19. The Morgan fingerprint density at radius 1 is 1.25 bits per heavy atom. The summed E-state index contributed by atoms with van der Waals surface area (Å²) >= 11 is 0. The lowest BCUT2D eigenvalue weighted by Crippen LogP contribution is -2.37. The quantitative estimate of drug-likeness (QED) is 0.646. The Kier molecular flexibility index (Phi) is 7.78. The zero-order valence-electron chi connectivity index (χ0n) is 17.0. The largest absolute Gasteiger partial charge is 0.352 e. The molecule has 2 rings (SSSR count). The van der Waals surface area contributed by atoms with Crippen LogP contribution >= 0.6 is 0 Å². The van der Waals surface area contributed by atoms with Gasteiger partial charge in [-0.3, -0.25) is 4.79 Å². The monoisotopic (exact) mass is 410 g/mol. The molecule has 0 radical (unpaired) electrons. The van der Waals surface area contributed by atoms with Crippen molar-refractivity contribution in [2.75, 3.05) is 12.8 Å². The molecule has 28 heavy (non-hydrogen) atoms. The van der Waals surface area contributed by atoms with E-state index in [-0.39, 0.29) is 23.6 Å². The van der Waals surface area contributed by atoms with E-state index < -0.39 is 10.0 Å². The maximum Gasteiger partial charge on any atom is 0.220 e. The van der Waals surface area contributed by atoms with Crippen LogP contribution in [-0.2, 0) is 21.4 Å². The Morgan fingerprint density at radius 3 is 2.46 bits per heavy atom. The summed E-state index contributed by atoms with van der Waals surface area (Å²) in [5.74, 6) is 0.659. The van der Waals surface area contributed by atoms with Crippen LogP contribution in [0.25, 0.3) is 0 Å². The van der Waals surface area contributed by atoms with Crippen LogP contribution in [0.2, 0.25) is 0 Å². The van der Waals surface area contributed by atoms with E-state index in [4.69, 9.17) is 0 Å². The summed E-state index contributed by atoms with van der Waals surface area (Å²) in [6, 6.07) is 6.09. The summed E-state index contributed by atoms with van der Waals surface area (Å²) in [6.07, 6.45) is 4.56. The maximum absolute atomic E-state index is 13.0. The van der Waals surface area contributed by atoms with Crippen molar-refractivity contribution in [2.24, 2.45) is 23.7 Å². The van der Waals surface area contributed by atoms with Gasteiger partial charge in [0.25, 0.3) is 0 Å². The van der Waals surface area contributed by atoms with E-state index in [9.17, 15) is 17.6 Å². The molecule has 1 aromatic carbocycles. The van der Waals surface area contributed by atoms with Gasteiger partial charge in [0.1, 0.15) is 5.82 Å². The van der Waals surface area contributed by atoms with Gasteiger partial charge in [-0.2, -0.15) is 0 Å². The first-order valence-corrected chi connectivity index (χ1v) is 11.6. The number of benzene rings is 1. The van der Waals surface area contributed by atoms with Crippen LogP contribution in [0, 0.1) is 29.5 Å². The van der Waals surface area contributed by atoms with Gasteiger partial charge in [0, 0.05) is 19.5 Å². The highest BCUT2D eigenvalue weighted by molar-refractivity contribution is 7.88. The molecule has 1 aliphatic carbocycles. The molecule has 1 aliphatic rings. The fraction of sp³-hybridized carbons (Fsp3) is 0.571. The fourth-order valence-electron chi connectivity index (χ4n) is 3.85. The summed E-state index contributed by atoms with van der Waals surface area (Å²) in [5, 5.41) is 2.91. The minimum Gasteiger partial charge on any atom is -0.352 e. The van der Waals surface area contributed by atoms with E-state index in [1.165, 1.54) is 18.4 Å². The number of nitrogens with one attached hydrogen (secondary N) is 2. The molecule has 1 amide bonds. The molecule has 0 aromatic heterocycles. The SMILES string of the molecule is CC1=C[C@@H](CNS(C)(=O)=O)[C@H](C(C)C)C[C@H]1CC(=O)NCc1ccc(F)cc1.